The van der Waals surface area contributed by atoms with Crippen molar-refractivity contribution in [3.8, 4) is 0 Å². The molecule has 1 fully saturated rings. The van der Waals surface area contributed by atoms with Crippen LogP contribution in [0.1, 0.15) is 12.0 Å². The normalized spacial score (nSPS) is 30.4. The molecule has 1 heterocycles. The largest absolute Gasteiger partial charge is 0.481 e. The maximum Gasteiger partial charge on any atom is 0.307 e. The quantitative estimate of drug-likeness (QED) is 0.808. The summed E-state index contributed by atoms with van der Waals surface area (Å²) in [5, 5.41) is 12.2. The highest BCUT2D eigenvalue weighted by Crippen LogP contribution is 2.48. The van der Waals surface area contributed by atoms with Crippen LogP contribution >= 0.6 is 0 Å². The molecular formula is C15H16N2O3. The number of aromatic nitrogens is 1. The van der Waals surface area contributed by atoms with Gasteiger partial charge in [-0.1, -0.05) is 12.2 Å². The number of fused-ring (bicyclic) bond motifs is 2. The molecule has 4 atom stereocenters. The lowest BCUT2D eigenvalue weighted by Crippen LogP contribution is -2.39. The fourth-order valence-electron chi connectivity index (χ4n) is 3.32. The molecule has 2 bridgehead atoms. The average molecular weight is 272 g/mol. The van der Waals surface area contributed by atoms with Crippen LogP contribution in [0.2, 0.25) is 0 Å². The molecule has 1 aromatic rings. The van der Waals surface area contributed by atoms with Crippen LogP contribution in [0.3, 0.4) is 0 Å². The van der Waals surface area contributed by atoms with Gasteiger partial charge in [-0.2, -0.15) is 0 Å². The summed E-state index contributed by atoms with van der Waals surface area (Å²) in [4.78, 5) is 27.6. The second-order valence-electron chi connectivity index (χ2n) is 5.41. The minimum absolute atomic E-state index is 0.00850. The molecule has 1 amide bonds. The van der Waals surface area contributed by atoms with Crippen molar-refractivity contribution in [3.63, 3.8) is 0 Å². The predicted molar refractivity (Wildman–Crippen MR) is 71.4 cm³/mol. The molecule has 0 unspecified atom stereocenters. The fraction of sp³-hybridized carbons (Fsp3) is 0.400. The zero-order chi connectivity index (χ0) is 14.1. The second kappa shape index (κ2) is 5.07. The van der Waals surface area contributed by atoms with Gasteiger partial charge in [0.1, 0.15) is 0 Å². The van der Waals surface area contributed by atoms with Crippen LogP contribution in [0.5, 0.6) is 0 Å². The van der Waals surface area contributed by atoms with Crippen molar-refractivity contribution < 1.29 is 14.7 Å². The van der Waals surface area contributed by atoms with Crippen LogP contribution in [-0.4, -0.2) is 22.0 Å². The third-order valence-corrected chi connectivity index (χ3v) is 4.26. The summed E-state index contributed by atoms with van der Waals surface area (Å²) in [5.41, 5.74) is 0.957. The molecular weight excluding hydrogens is 256 g/mol. The van der Waals surface area contributed by atoms with Crippen molar-refractivity contribution in [1.82, 2.24) is 10.3 Å². The molecule has 0 saturated heterocycles. The van der Waals surface area contributed by atoms with Crippen molar-refractivity contribution in [2.75, 3.05) is 0 Å². The van der Waals surface area contributed by atoms with Gasteiger partial charge in [0.2, 0.25) is 5.91 Å². The Kier molecular flexibility index (Phi) is 3.26. The first-order valence-electron chi connectivity index (χ1n) is 6.74. The number of nitrogens with one attached hydrogen (secondary N) is 1. The number of carboxylic acids is 1. The highest BCUT2D eigenvalue weighted by atomic mass is 16.4. The van der Waals surface area contributed by atoms with E-state index in [4.69, 9.17) is 0 Å². The topological polar surface area (TPSA) is 79.3 Å². The van der Waals surface area contributed by atoms with Crippen LogP contribution < -0.4 is 5.32 Å². The van der Waals surface area contributed by atoms with Crippen LogP contribution in [0.15, 0.2) is 36.7 Å². The number of rotatable bonds is 4. The van der Waals surface area contributed by atoms with Gasteiger partial charge in [0.15, 0.2) is 0 Å². The number of carbonyl (C=O) groups is 2. The van der Waals surface area contributed by atoms with Crippen molar-refractivity contribution in [2.24, 2.45) is 23.7 Å². The molecule has 2 aliphatic rings. The van der Waals surface area contributed by atoms with Gasteiger partial charge in [-0.15, -0.1) is 0 Å². The number of pyridine rings is 1. The van der Waals surface area contributed by atoms with Gasteiger partial charge in [0, 0.05) is 18.9 Å². The molecule has 1 aromatic heterocycles. The Bertz CT molecular complexity index is 555. The number of hydrogen-bond donors (Lipinski definition) is 2. The van der Waals surface area contributed by atoms with E-state index in [0.29, 0.717) is 6.54 Å². The number of carbonyl (C=O) groups excluding carboxylic acids is 1. The summed E-state index contributed by atoms with van der Waals surface area (Å²) in [7, 11) is 0. The summed E-state index contributed by atoms with van der Waals surface area (Å²) < 4.78 is 0. The molecule has 20 heavy (non-hydrogen) atoms. The van der Waals surface area contributed by atoms with Crippen LogP contribution in [0.25, 0.3) is 0 Å². The first kappa shape index (κ1) is 12.8. The maximum absolute atomic E-state index is 12.3. The number of hydrogen-bond acceptors (Lipinski definition) is 3. The first-order valence-corrected chi connectivity index (χ1v) is 6.74. The third kappa shape index (κ3) is 2.19. The third-order valence-electron chi connectivity index (χ3n) is 4.26. The standard InChI is InChI=1S/C15H16N2O3/c18-14(17-8-9-3-5-16-6-4-9)12-10-1-2-11(7-10)13(12)15(19)20/h1-6,10-13H,7-8H2,(H,17,18)(H,19,20)/t10-,11-,12+,13+/m0/s1. The Hall–Kier alpha value is -2.17. The molecule has 104 valence electrons. The van der Waals surface area contributed by atoms with E-state index in [9.17, 15) is 14.7 Å². The Labute approximate surface area is 116 Å². The van der Waals surface area contributed by atoms with E-state index in [1.807, 2.05) is 24.3 Å². The van der Waals surface area contributed by atoms with E-state index in [0.717, 1.165) is 12.0 Å². The van der Waals surface area contributed by atoms with Gasteiger partial charge in [-0.3, -0.25) is 14.6 Å². The Balaban J connectivity index is 1.68. The van der Waals surface area contributed by atoms with E-state index in [2.05, 4.69) is 10.3 Å². The maximum atomic E-state index is 12.3. The summed E-state index contributed by atoms with van der Waals surface area (Å²) in [6.07, 6.45) is 8.05. The molecule has 0 aliphatic heterocycles. The van der Waals surface area contributed by atoms with Crippen LogP contribution in [0, 0.1) is 23.7 Å². The zero-order valence-electron chi connectivity index (χ0n) is 10.9. The summed E-state index contributed by atoms with van der Waals surface area (Å²) in [5.74, 6) is -1.98. The molecule has 0 spiro atoms. The average Bonchev–Trinajstić information content (AvgIpc) is 3.06. The van der Waals surface area contributed by atoms with Crippen molar-refractivity contribution in [2.45, 2.75) is 13.0 Å². The molecule has 1 saturated carbocycles. The van der Waals surface area contributed by atoms with E-state index < -0.39 is 17.8 Å². The molecule has 3 rings (SSSR count). The Morgan fingerprint density at radius 1 is 1.20 bits per heavy atom. The van der Waals surface area contributed by atoms with Crippen molar-refractivity contribution in [1.29, 1.82) is 0 Å². The van der Waals surface area contributed by atoms with Crippen LogP contribution in [-0.2, 0) is 16.1 Å². The van der Waals surface area contributed by atoms with Crippen LogP contribution in [0.4, 0.5) is 0 Å². The second-order valence-corrected chi connectivity index (χ2v) is 5.41. The summed E-state index contributed by atoms with van der Waals surface area (Å²) in [6.45, 7) is 0.408. The van der Waals surface area contributed by atoms with Gasteiger partial charge in [0.05, 0.1) is 11.8 Å². The highest BCUT2D eigenvalue weighted by Gasteiger charge is 2.51. The summed E-state index contributed by atoms with van der Waals surface area (Å²) >= 11 is 0. The van der Waals surface area contributed by atoms with Gasteiger partial charge < -0.3 is 10.4 Å². The first-order chi connectivity index (χ1) is 9.66. The minimum atomic E-state index is -0.870. The van der Waals surface area contributed by atoms with E-state index >= 15 is 0 Å². The molecule has 0 radical (unpaired) electrons. The van der Waals surface area contributed by atoms with E-state index in [-0.39, 0.29) is 17.7 Å². The zero-order valence-corrected chi connectivity index (χ0v) is 10.9. The van der Waals surface area contributed by atoms with Crippen molar-refractivity contribution in [3.05, 3.63) is 42.2 Å². The molecule has 5 heteroatoms. The highest BCUT2D eigenvalue weighted by molar-refractivity contribution is 5.86. The van der Waals surface area contributed by atoms with Gasteiger partial charge >= 0.3 is 5.97 Å². The number of amides is 1. The summed E-state index contributed by atoms with van der Waals surface area (Å²) in [6, 6.07) is 3.66. The molecule has 5 nitrogen and oxygen atoms in total. The Morgan fingerprint density at radius 3 is 2.50 bits per heavy atom. The van der Waals surface area contributed by atoms with E-state index in [1.165, 1.54) is 0 Å². The number of aliphatic carboxylic acids is 1. The van der Waals surface area contributed by atoms with E-state index in [1.54, 1.807) is 12.4 Å². The van der Waals surface area contributed by atoms with Gasteiger partial charge in [-0.25, -0.2) is 0 Å². The fourth-order valence-corrected chi connectivity index (χ4v) is 3.32. The van der Waals surface area contributed by atoms with Gasteiger partial charge in [0.25, 0.3) is 0 Å². The smallest absolute Gasteiger partial charge is 0.307 e. The Morgan fingerprint density at radius 2 is 1.85 bits per heavy atom. The molecule has 2 N–H and O–H groups in total. The number of carboxylic acid groups (broad SMARTS) is 1. The monoisotopic (exact) mass is 272 g/mol. The molecule has 0 aromatic carbocycles. The SMILES string of the molecule is O=C(O)[C@H]1[C@H](C(=O)NCc2ccncc2)[C@H]2C=C[C@H]1C2. The predicted octanol–water partition coefficient (Wildman–Crippen LogP) is 1.22. The number of allylic oxidation sites excluding steroid dienone is 2. The number of nitrogens with zero attached hydrogens (tertiary/aromatic N) is 1. The van der Waals surface area contributed by atoms with Gasteiger partial charge in [-0.05, 0) is 36.0 Å². The lowest BCUT2D eigenvalue weighted by atomic mass is 9.82. The lowest BCUT2D eigenvalue weighted by molar-refractivity contribution is -0.147. The lowest BCUT2D eigenvalue weighted by Gasteiger charge is -2.23. The van der Waals surface area contributed by atoms with Crippen molar-refractivity contribution >= 4 is 11.9 Å². The molecule has 2 aliphatic carbocycles. The minimum Gasteiger partial charge on any atom is -0.481 e.